The van der Waals surface area contributed by atoms with Gasteiger partial charge in [0.05, 0.1) is 11.0 Å². The Morgan fingerprint density at radius 2 is 1.06 bits per heavy atom. The van der Waals surface area contributed by atoms with E-state index in [1.807, 2.05) is 47.7 Å². The lowest BCUT2D eigenvalue weighted by Crippen LogP contribution is -2.06. The molecule has 0 unspecified atom stereocenters. The summed E-state index contributed by atoms with van der Waals surface area (Å²) in [6, 6.07) is 51.8. The van der Waals surface area contributed by atoms with Crippen LogP contribution >= 0.6 is 11.3 Å². The molecule has 11 rings (SSSR count). The molecule has 0 N–H and O–H groups in total. The van der Waals surface area contributed by atoms with E-state index < -0.39 is 0 Å². The summed E-state index contributed by atoms with van der Waals surface area (Å²) in [4.78, 5) is 15.3. The van der Waals surface area contributed by atoms with Gasteiger partial charge in [-0.15, -0.1) is 11.3 Å². The van der Waals surface area contributed by atoms with Gasteiger partial charge in [0, 0.05) is 42.1 Å². The number of benzene rings is 7. The number of aromatic nitrogens is 4. The van der Waals surface area contributed by atoms with Gasteiger partial charge in [-0.2, -0.15) is 9.97 Å². The molecular weight excluding hydrogens is 605 g/mol. The van der Waals surface area contributed by atoms with Crippen LogP contribution in [-0.2, 0) is 0 Å². The van der Waals surface area contributed by atoms with Crippen LogP contribution < -0.4 is 0 Å². The Bertz CT molecular complexity index is 2880. The van der Waals surface area contributed by atoms with E-state index in [9.17, 15) is 0 Å². The van der Waals surface area contributed by atoms with Gasteiger partial charge >= 0.3 is 0 Å². The van der Waals surface area contributed by atoms with Crippen LogP contribution in [0.15, 0.2) is 146 Å². The Balaban J connectivity index is 1.28. The molecule has 0 fully saturated rings. The average Bonchev–Trinajstić information content (AvgIpc) is 3.66. The molecule has 0 spiro atoms. The molecule has 0 saturated carbocycles. The van der Waals surface area contributed by atoms with Crippen LogP contribution in [0.5, 0.6) is 0 Å². The van der Waals surface area contributed by atoms with E-state index in [1.54, 1.807) is 0 Å². The number of rotatable bonds is 3. The molecule has 3 aromatic heterocycles. The summed E-state index contributed by atoms with van der Waals surface area (Å²) in [6.45, 7) is 0. The zero-order valence-corrected chi connectivity index (χ0v) is 26.4. The Morgan fingerprint density at radius 3 is 1.83 bits per heavy atom. The molecule has 0 radical (unpaired) electrons. The average molecular weight is 629 g/mol. The molecule has 4 nitrogen and oxygen atoms in total. The maximum absolute atomic E-state index is 5.17. The first-order chi connectivity index (χ1) is 23.8. The van der Waals surface area contributed by atoms with Crippen LogP contribution in [0.1, 0.15) is 0 Å². The third-order valence-corrected chi connectivity index (χ3v) is 10.9. The minimum absolute atomic E-state index is 0.609. The molecular formula is C43H24N4S. The second-order valence-electron chi connectivity index (χ2n) is 12.4. The fraction of sp³-hybridized carbons (Fsp3) is 0. The lowest BCUT2D eigenvalue weighted by molar-refractivity contribution is 0.953. The second kappa shape index (κ2) is 9.67. The number of nitrogens with zero attached hydrogens (tertiary/aromatic N) is 4. The molecule has 1 aliphatic carbocycles. The summed E-state index contributed by atoms with van der Waals surface area (Å²) in [5, 5.41) is 7.59. The summed E-state index contributed by atoms with van der Waals surface area (Å²) in [6.07, 6.45) is 0. The molecule has 0 aliphatic heterocycles. The van der Waals surface area contributed by atoms with Crippen molar-refractivity contribution in [3.05, 3.63) is 146 Å². The first-order valence-electron chi connectivity index (χ1n) is 16.1. The molecule has 48 heavy (non-hydrogen) atoms. The summed E-state index contributed by atoms with van der Waals surface area (Å²) >= 11 is 1.87. The largest absolute Gasteiger partial charge is 0.278 e. The fourth-order valence-corrected chi connectivity index (χ4v) is 8.83. The summed E-state index contributed by atoms with van der Waals surface area (Å²) < 4.78 is 4.86. The highest BCUT2D eigenvalue weighted by Crippen LogP contribution is 2.51. The molecule has 3 heterocycles. The number of hydrogen-bond acceptors (Lipinski definition) is 4. The lowest BCUT2D eigenvalue weighted by atomic mass is 9.92. The van der Waals surface area contributed by atoms with Crippen molar-refractivity contribution < 1.29 is 0 Å². The summed E-state index contributed by atoms with van der Waals surface area (Å²) in [5.41, 5.74) is 9.09. The van der Waals surface area contributed by atoms with Gasteiger partial charge in [-0.05, 0) is 63.4 Å². The van der Waals surface area contributed by atoms with E-state index in [2.05, 4.69) is 114 Å². The van der Waals surface area contributed by atoms with E-state index in [4.69, 9.17) is 15.0 Å². The number of hydrogen-bond donors (Lipinski definition) is 0. The third-order valence-electron chi connectivity index (χ3n) is 9.78. The van der Waals surface area contributed by atoms with Gasteiger partial charge in [0.1, 0.15) is 0 Å². The quantitative estimate of drug-likeness (QED) is 0.196. The van der Waals surface area contributed by atoms with Gasteiger partial charge in [0.25, 0.3) is 0 Å². The first kappa shape index (κ1) is 26.0. The minimum atomic E-state index is 0.609. The SMILES string of the molecule is c1ccc(-c2nc(-c3ccccc3)nc(-n3c4cccc5c4c4c6c(cccc6ccc43)-c3cc4c(cc3-5)sc3ccccc34)n2)cc1. The predicted molar refractivity (Wildman–Crippen MR) is 200 cm³/mol. The van der Waals surface area contributed by atoms with Gasteiger partial charge in [-0.1, -0.05) is 115 Å². The molecule has 1 aliphatic rings. The molecule has 7 aromatic carbocycles. The van der Waals surface area contributed by atoms with Crippen LogP contribution in [0.3, 0.4) is 0 Å². The molecule has 0 amide bonds. The van der Waals surface area contributed by atoms with Crippen molar-refractivity contribution in [1.82, 2.24) is 19.5 Å². The van der Waals surface area contributed by atoms with Crippen LogP contribution in [0, 0.1) is 0 Å². The Kier molecular flexibility index (Phi) is 5.23. The molecule has 0 saturated heterocycles. The molecule has 10 aromatic rings. The van der Waals surface area contributed by atoms with E-state index in [-0.39, 0.29) is 0 Å². The van der Waals surface area contributed by atoms with Gasteiger partial charge in [0.15, 0.2) is 11.6 Å². The maximum Gasteiger partial charge on any atom is 0.238 e. The topological polar surface area (TPSA) is 43.6 Å². The highest BCUT2D eigenvalue weighted by atomic mass is 32.1. The summed E-state index contributed by atoms with van der Waals surface area (Å²) in [7, 11) is 0. The van der Waals surface area contributed by atoms with Gasteiger partial charge in [0.2, 0.25) is 5.95 Å². The van der Waals surface area contributed by atoms with Crippen molar-refractivity contribution in [2.45, 2.75) is 0 Å². The van der Waals surface area contributed by atoms with Crippen LogP contribution in [0.25, 0.3) is 104 Å². The Hall–Kier alpha value is -6.17. The first-order valence-corrected chi connectivity index (χ1v) is 16.9. The van der Waals surface area contributed by atoms with E-state index in [1.165, 1.54) is 64.0 Å². The van der Waals surface area contributed by atoms with Crippen molar-refractivity contribution in [2.24, 2.45) is 0 Å². The zero-order chi connectivity index (χ0) is 31.3. The highest BCUT2D eigenvalue weighted by Gasteiger charge is 2.27. The monoisotopic (exact) mass is 628 g/mol. The minimum Gasteiger partial charge on any atom is -0.278 e. The van der Waals surface area contributed by atoms with Crippen molar-refractivity contribution in [3.63, 3.8) is 0 Å². The Morgan fingerprint density at radius 1 is 0.417 bits per heavy atom. The van der Waals surface area contributed by atoms with Crippen molar-refractivity contribution >= 4 is 64.1 Å². The zero-order valence-electron chi connectivity index (χ0n) is 25.6. The van der Waals surface area contributed by atoms with Gasteiger partial charge < -0.3 is 0 Å². The Labute approximate surface area is 279 Å². The van der Waals surface area contributed by atoms with Crippen molar-refractivity contribution in [1.29, 1.82) is 0 Å². The third kappa shape index (κ3) is 3.56. The van der Waals surface area contributed by atoms with Crippen molar-refractivity contribution in [3.8, 4) is 51.0 Å². The van der Waals surface area contributed by atoms with E-state index >= 15 is 0 Å². The molecule has 0 atom stereocenters. The van der Waals surface area contributed by atoms with Crippen LogP contribution in [0.2, 0.25) is 0 Å². The lowest BCUT2D eigenvalue weighted by Gasteiger charge is -2.14. The van der Waals surface area contributed by atoms with E-state index in [0.717, 1.165) is 22.2 Å². The van der Waals surface area contributed by atoms with Gasteiger partial charge in [-0.3, -0.25) is 4.57 Å². The molecule has 5 heteroatoms. The van der Waals surface area contributed by atoms with Gasteiger partial charge in [-0.25, -0.2) is 4.98 Å². The second-order valence-corrected chi connectivity index (χ2v) is 13.5. The standard InChI is InChI=1S/C43H24N4S/c1-3-11-26(12-4-1)41-44-42(27-13-5-2-6-14-27)46-43(45-41)47-34-19-10-18-30-32-24-37-33(28-16-7-8-20-36(28)48-37)23-31(32)29-17-9-15-25-21-22-35(47)40(38(25)29)39(30)34/h1-24H. The molecule has 0 bridgehead atoms. The number of fused-ring (bicyclic) bond motifs is 6. The van der Waals surface area contributed by atoms with Crippen molar-refractivity contribution in [2.75, 3.05) is 0 Å². The normalized spacial score (nSPS) is 12.2. The summed E-state index contributed by atoms with van der Waals surface area (Å²) in [5.74, 6) is 1.91. The predicted octanol–water partition coefficient (Wildman–Crippen LogP) is 11.5. The molecule has 222 valence electrons. The van der Waals surface area contributed by atoms with Crippen LogP contribution in [0.4, 0.5) is 0 Å². The highest BCUT2D eigenvalue weighted by molar-refractivity contribution is 7.25. The number of thiophene rings is 1. The van der Waals surface area contributed by atoms with E-state index in [0.29, 0.717) is 17.6 Å². The smallest absolute Gasteiger partial charge is 0.238 e. The maximum atomic E-state index is 5.17. The van der Waals surface area contributed by atoms with Crippen LogP contribution in [-0.4, -0.2) is 19.5 Å². The fourth-order valence-electron chi connectivity index (χ4n) is 7.71.